The lowest BCUT2D eigenvalue weighted by molar-refractivity contribution is -0.140. The predicted octanol–water partition coefficient (Wildman–Crippen LogP) is 2.62. The zero-order valence-electron chi connectivity index (χ0n) is 9.41. The van der Waals surface area contributed by atoms with Crippen LogP contribution in [0.4, 0.5) is 17.6 Å². The molecule has 1 aromatic rings. The van der Waals surface area contributed by atoms with Gasteiger partial charge >= 0.3 is 6.18 Å². The molecule has 0 amide bonds. The Balaban J connectivity index is 2.28. The Kier molecular flexibility index (Phi) is 3.33. The maximum atomic E-state index is 13.1. The highest BCUT2D eigenvalue weighted by Crippen LogP contribution is 2.38. The number of aliphatic hydroxyl groups excluding tert-OH is 1. The molecule has 100 valence electrons. The first-order valence-electron chi connectivity index (χ1n) is 5.61. The summed E-state index contributed by atoms with van der Waals surface area (Å²) < 4.78 is 50.6. The van der Waals surface area contributed by atoms with Crippen molar-refractivity contribution < 1.29 is 22.7 Å². The average Bonchev–Trinajstić information content (AvgIpc) is 3.10. The second-order valence-electron chi connectivity index (χ2n) is 4.59. The van der Waals surface area contributed by atoms with Crippen LogP contribution < -0.4 is 5.73 Å². The maximum Gasteiger partial charge on any atom is 0.419 e. The number of halogens is 4. The van der Waals surface area contributed by atoms with Crippen LogP contribution in [0, 0.1) is 11.7 Å². The zero-order valence-corrected chi connectivity index (χ0v) is 9.41. The summed E-state index contributed by atoms with van der Waals surface area (Å²) in [6.07, 6.45) is -3.99. The number of hydrogen-bond donors (Lipinski definition) is 2. The van der Waals surface area contributed by atoms with Gasteiger partial charge in [-0.1, -0.05) is 6.07 Å². The summed E-state index contributed by atoms with van der Waals surface area (Å²) in [7, 11) is 0. The molecule has 0 aromatic heterocycles. The Bertz CT molecular complexity index is 442. The van der Waals surface area contributed by atoms with Gasteiger partial charge in [-0.25, -0.2) is 4.39 Å². The van der Waals surface area contributed by atoms with Crippen molar-refractivity contribution in [1.82, 2.24) is 0 Å². The molecule has 2 rings (SSSR count). The van der Waals surface area contributed by atoms with Crippen molar-refractivity contribution in [2.24, 2.45) is 11.7 Å². The molecule has 1 saturated carbocycles. The Morgan fingerprint density at radius 3 is 2.39 bits per heavy atom. The lowest BCUT2D eigenvalue weighted by Crippen LogP contribution is -2.28. The molecule has 0 radical (unpaired) electrons. The van der Waals surface area contributed by atoms with Gasteiger partial charge in [-0.2, -0.15) is 13.2 Å². The van der Waals surface area contributed by atoms with E-state index in [2.05, 4.69) is 0 Å². The molecule has 2 atom stereocenters. The van der Waals surface area contributed by atoms with E-state index < -0.39 is 29.7 Å². The van der Waals surface area contributed by atoms with Crippen molar-refractivity contribution in [1.29, 1.82) is 0 Å². The molecule has 0 unspecified atom stereocenters. The van der Waals surface area contributed by atoms with Gasteiger partial charge in [-0.05, 0) is 36.5 Å². The molecular formula is C12H13F4NO. The number of benzene rings is 1. The first-order chi connectivity index (χ1) is 8.30. The topological polar surface area (TPSA) is 46.2 Å². The van der Waals surface area contributed by atoms with Gasteiger partial charge in [-0.15, -0.1) is 0 Å². The second kappa shape index (κ2) is 4.51. The van der Waals surface area contributed by atoms with Gasteiger partial charge in [-0.3, -0.25) is 0 Å². The molecule has 0 saturated heterocycles. The van der Waals surface area contributed by atoms with Crippen LogP contribution in [0.1, 0.15) is 30.0 Å². The molecule has 1 aromatic carbocycles. The van der Waals surface area contributed by atoms with Gasteiger partial charge in [0.1, 0.15) is 5.82 Å². The van der Waals surface area contributed by atoms with Crippen LogP contribution in [0.3, 0.4) is 0 Å². The van der Waals surface area contributed by atoms with Gasteiger partial charge < -0.3 is 10.8 Å². The zero-order chi connectivity index (χ0) is 13.5. The number of rotatable bonds is 3. The van der Waals surface area contributed by atoms with Crippen LogP contribution in [-0.2, 0) is 6.18 Å². The van der Waals surface area contributed by atoms with Gasteiger partial charge in [0.05, 0.1) is 17.7 Å². The second-order valence-corrected chi connectivity index (χ2v) is 4.59. The van der Waals surface area contributed by atoms with Crippen molar-refractivity contribution in [2.75, 3.05) is 0 Å². The van der Waals surface area contributed by atoms with Gasteiger partial charge in [0.2, 0.25) is 0 Å². The molecule has 2 nitrogen and oxygen atoms in total. The first-order valence-corrected chi connectivity index (χ1v) is 5.61. The van der Waals surface area contributed by atoms with Crippen LogP contribution in [0.25, 0.3) is 0 Å². The number of hydrogen-bond acceptors (Lipinski definition) is 2. The molecule has 1 fully saturated rings. The summed E-state index contributed by atoms with van der Waals surface area (Å²) in [4.78, 5) is 0. The molecule has 1 aliphatic carbocycles. The average molecular weight is 263 g/mol. The van der Waals surface area contributed by atoms with E-state index in [9.17, 15) is 22.7 Å². The fraction of sp³-hybridized carbons (Fsp3) is 0.500. The van der Waals surface area contributed by atoms with Crippen molar-refractivity contribution in [3.8, 4) is 0 Å². The molecule has 3 N–H and O–H groups in total. The minimum absolute atomic E-state index is 0.0411. The molecule has 0 bridgehead atoms. The van der Waals surface area contributed by atoms with E-state index in [1.54, 1.807) is 0 Å². The summed E-state index contributed by atoms with van der Waals surface area (Å²) in [6.45, 7) is 0. The van der Waals surface area contributed by atoms with Crippen molar-refractivity contribution in [3.63, 3.8) is 0 Å². The van der Waals surface area contributed by atoms with E-state index in [1.165, 1.54) is 6.07 Å². The third-order valence-electron chi connectivity index (χ3n) is 3.15. The molecule has 6 heteroatoms. The van der Waals surface area contributed by atoms with E-state index in [0.29, 0.717) is 6.07 Å². The minimum Gasteiger partial charge on any atom is -0.391 e. The summed E-state index contributed by atoms with van der Waals surface area (Å²) in [5, 5.41) is 9.77. The maximum absolute atomic E-state index is 13.1. The standard InChI is InChI=1S/C12H13F4NO/c13-9-4-3-7(5-8(9)12(14,15)16)10(17)11(18)6-1-2-6/h3-6,10-11,18H,1-2,17H2/t10-,11+/m0/s1. The lowest BCUT2D eigenvalue weighted by Gasteiger charge is -2.20. The third kappa shape index (κ3) is 2.64. The van der Waals surface area contributed by atoms with Crippen LogP contribution in [0.5, 0.6) is 0 Å². The van der Waals surface area contributed by atoms with E-state index in [4.69, 9.17) is 5.73 Å². The van der Waals surface area contributed by atoms with Crippen LogP contribution in [0.2, 0.25) is 0 Å². The first kappa shape index (κ1) is 13.3. The van der Waals surface area contributed by atoms with Gasteiger partial charge in [0.25, 0.3) is 0 Å². The normalized spacial score (nSPS) is 19.7. The van der Waals surface area contributed by atoms with E-state index in [1.807, 2.05) is 0 Å². The van der Waals surface area contributed by atoms with Gasteiger partial charge in [0.15, 0.2) is 0 Å². The van der Waals surface area contributed by atoms with Crippen LogP contribution in [0.15, 0.2) is 18.2 Å². The number of nitrogens with two attached hydrogens (primary N) is 1. The number of aliphatic hydroxyl groups is 1. The summed E-state index contributed by atoms with van der Waals surface area (Å²) >= 11 is 0. The Morgan fingerprint density at radius 1 is 1.28 bits per heavy atom. The largest absolute Gasteiger partial charge is 0.419 e. The van der Waals surface area contributed by atoms with E-state index in [-0.39, 0.29) is 11.5 Å². The van der Waals surface area contributed by atoms with Crippen LogP contribution >= 0.6 is 0 Å². The number of alkyl halides is 3. The smallest absolute Gasteiger partial charge is 0.391 e. The molecule has 18 heavy (non-hydrogen) atoms. The third-order valence-corrected chi connectivity index (χ3v) is 3.15. The highest BCUT2D eigenvalue weighted by atomic mass is 19.4. The molecular weight excluding hydrogens is 250 g/mol. The van der Waals surface area contributed by atoms with Crippen molar-refractivity contribution in [2.45, 2.75) is 31.2 Å². The fourth-order valence-electron chi connectivity index (χ4n) is 1.90. The quantitative estimate of drug-likeness (QED) is 0.823. The predicted molar refractivity (Wildman–Crippen MR) is 57.1 cm³/mol. The molecule has 0 heterocycles. The van der Waals surface area contributed by atoms with Gasteiger partial charge in [0, 0.05) is 0 Å². The Morgan fingerprint density at radius 2 is 1.89 bits per heavy atom. The molecule has 0 aliphatic heterocycles. The Hall–Kier alpha value is -1.14. The highest BCUT2D eigenvalue weighted by molar-refractivity contribution is 5.30. The summed E-state index contributed by atoms with van der Waals surface area (Å²) in [5.41, 5.74) is 4.45. The summed E-state index contributed by atoms with van der Waals surface area (Å²) in [5.74, 6) is -1.29. The fourth-order valence-corrected chi connectivity index (χ4v) is 1.90. The van der Waals surface area contributed by atoms with E-state index >= 15 is 0 Å². The molecule has 1 aliphatic rings. The van der Waals surface area contributed by atoms with Crippen molar-refractivity contribution >= 4 is 0 Å². The minimum atomic E-state index is -4.76. The monoisotopic (exact) mass is 263 g/mol. The van der Waals surface area contributed by atoms with Crippen molar-refractivity contribution in [3.05, 3.63) is 35.1 Å². The SMILES string of the molecule is N[C@@H](c1ccc(F)c(C(F)(F)F)c1)[C@H](O)C1CC1. The Labute approximate surface area is 101 Å². The molecule has 0 spiro atoms. The highest BCUT2D eigenvalue weighted by Gasteiger charge is 2.37. The lowest BCUT2D eigenvalue weighted by atomic mass is 9.97. The van der Waals surface area contributed by atoms with E-state index in [0.717, 1.165) is 18.9 Å². The van der Waals surface area contributed by atoms with Crippen LogP contribution in [-0.4, -0.2) is 11.2 Å². The summed E-state index contributed by atoms with van der Waals surface area (Å²) in [6, 6.07) is 1.67.